The van der Waals surface area contributed by atoms with Gasteiger partial charge in [-0.15, -0.1) is 0 Å². The van der Waals surface area contributed by atoms with Crippen LogP contribution in [-0.2, 0) is 13.1 Å². The highest BCUT2D eigenvalue weighted by atomic mass is 16.5. The maximum absolute atomic E-state index is 5.38. The minimum absolute atomic E-state index is 0.637. The Bertz CT molecular complexity index is 821. The standard InChI is InChI=1S/C20H22N4O/c1-15-23-19(21-13-16-8-4-3-5-9-16)12-20(24-15)22-14-17-10-6-7-11-18(17)25-2/h3-12H,13-14H2,1-2H3,(H2,21,22,23,24). The van der Waals surface area contributed by atoms with Crippen LogP contribution in [0, 0.1) is 6.92 Å². The topological polar surface area (TPSA) is 59.1 Å². The van der Waals surface area contributed by atoms with Crippen LogP contribution in [-0.4, -0.2) is 17.1 Å². The third-order valence-electron chi connectivity index (χ3n) is 3.81. The lowest BCUT2D eigenvalue weighted by Crippen LogP contribution is -2.07. The summed E-state index contributed by atoms with van der Waals surface area (Å²) >= 11 is 0. The van der Waals surface area contributed by atoms with E-state index in [0.29, 0.717) is 6.54 Å². The van der Waals surface area contributed by atoms with E-state index in [1.165, 1.54) is 5.56 Å². The fraction of sp³-hybridized carbons (Fsp3) is 0.200. The maximum Gasteiger partial charge on any atom is 0.132 e. The molecule has 3 rings (SSSR count). The summed E-state index contributed by atoms with van der Waals surface area (Å²) in [7, 11) is 1.68. The number of rotatable bonds is 7. The molecule has 128 valence electrons. The predicted octanol–water partition coefficient (Wildman–Crippen LogP) is 4.02. The Morgan fingerprint density at radius 3 is 2.20 bits per heavy atom. The lowest BCUT2D eigenvalue weighted by atomic mass is 10.2. The molecule has 0 amide bonds. The number of hydrogen-bond acceptors (Lipinski definition) is 5. The number of aromatic nitrogens is 2. The average Bonchev–Trinajstić information content (AvgIpc) is 2.65. The fourth-order valence-corrected chi connectivity index (χ4v) is 2.57. The largest absolute Gasteiger partial charge is 0.496 e. The number of aryl methyl sites for hydroxylation is 1. The van der Waals surface area contributed by atoms with E-state index in [4.69, 9.17) is 4.74 Å². The highest BCUT2D eigenvalue weighted by Gasteiger charge is 2.05. The molecule has 25 heavy (non-hydrogen) atoms. The van der Waals surface area contributed by atoms with Gasteiger partial charge in [0.15, 0.2) is 0 Å². The molecule has 0 saturated heterocycles. The molecule has 0 fully saturated rings. The van der Waals surface area contributed by atoms with Crippen LogP contribution in [0.3, 0.4) is 0 Å². The van der Waals surface area contributed by atoms with Crippen LogP contribution in [0.25, 0.3) is 0 Å². The summed E-state index contributed by atoms with van der Waals surface area (Å²) < 4.78 is 5.38. The summed E-state index contributed by atoms with van der Waals surface area (Å²) in [4.78, 5) is 8.91. The molecule has 5 heteroatoms. The van der Waals surface area contributed by atoms with Gasteiger partial charge in [0, 0.05) is 24.7 Å². The molecule has 0 unspecified atom stereocenters. The molecule has 0 saturated carbocycles. The highest BCUT2D eigenvalue weighted by Crippen LogP contribution is 2.19. The summed E-state index contributed by atoms with van der Waals surface area (Å²) in [5.41, 5.74) is 2.29. The Balaban J connectivity index is 1.67. The van der Waals surface area contributed by atoms with Crippen molar-refractivity contribution < 1.29 is 4.74 Å². The van der Waals surface area contributed by atoms with Gasteiger partial charge in [-0.1, -0.05) is 48.5 Å². The number of para-hydroxylation sites is 1. The van der Waals surface area contributed by atoms with Crippen LogP contribution < -0.4 is 15.4 Å². The summed E-state index contributed by atoms with van der Waals surface area (Å²) in [6, 6.07) is 20.1. The second-order valence-electron chi connectivity index (χ2n) is 5.69. The average molecular weight is 334 g/mol. The lowest BCUT2D eigenvalue weighted by Gasteiger charge is -2.12. The van der Waals surface area contributed by atoms with Crippen LogP contribution in [0.5, 0.6) is 5.75 Å². The normalized spacial score (nSPS) is 10.3. The molecule has 0 aliphatic rings. The van der Waals surface area contributed by atoms with Crippen molar-refractivity contribution in [3.8, 4) is 5.75 Å². The lowest BCUT2D eigenvalue weighted by molar-refractivity contribution is 0.410. The zero-order valence-corrected chi connectivity index (χ0v) is 14.5. The van der Waals surface area contributed by atoms with Crippen LogP contribution >= 0.6 is 0 Å². The van der Waals surface area contributed by atoms with Crippen molar-refractivity contribution in [2.75, 3.05) is 17.7 Å². The number of anilines is 2. The van der Waals surface area contributed by atoms with Gasteiger partial charge in [-0.2, -0.15) is 0 Å². The minimum Gasteiger partial charge on any atom is -0.496 e. The van der Waals surface area contributed by atoms with E-state index in [1.54, 1.807) is 7.11 Å². The van der Waals surface area contributed by atoms with Gasteiger partial charge in [0.25, 0.3) is 0 Å². The molecule has 1 aromatic heterocycles. The van der Waals surface area contributed by atoms with E-state index in [-0.39, 0.29) is 0 Å². The Morgan fingerprint density at radius 1 is 0.840 bits per heavy atom. The van der Waals surface area contributed by atoms with Crippen molar-refractivity contribution >= 4 is 11.6 Å². The molecule has 0 bridgehead atoms. The van der Waals surface area contributed by atoms with Crippen molar-refractivity contribution in [2.24, 2.45) is 0 Å². The zero-order valence-electron chi connectivity index (χ0n) is 14.5. The van der Waals surface area contributed by atoms with Gasteiger partial charge in [0.2, 0.25) is 0 Å². The Kier molecular flexibility index (Phi) is 5.46. The van der Waals surface area contributed by atoms with Crippen molar-refractivity contribution in [1.29, 1.82) is 0 Å². The molecule has 0 atom stereocenters. The van der Waals surface area contributed by atoms with E-state index >= 15 is 0 Å². The summed E-state index contributed by atoms with van der Waals surface area (Å²) in [5.74, 6) is 3.18. The second kappa shape index (κ2) is 8.15. The first-order chi connectivity index (χ1) is 12.2. The molecule has 5 nitrogen and oxygen atoms in total. The fourth-order valence-electron chi connectivity index (χ4n) is 2.57. The monoisotopic (exact) mass is 334 g/mol. The van der Waals surface area contributed by atoms with Gasteiger partial charge in [0.1, 0.15) is 23.2 Å². The van der Waals surface area contributed by atoms with Crippen LogP contribution in [0.15, 0.2) is 60.7 Å². The van der Waals surface area contributed by atoms with Gasteiger partial charge in [-0.25, -0.2) is 9.97 Å². The molecule has 1 heterocycles. The minimum atomic E-state index is 0.637. The molecule has 0 aliphatic heterocycles. The molecule has 2 aromatic carbocycles. The van der Waals surface area contributed by atoms with Crippen LogP contribution in [0.1, 0.15) is 17.0 Å². The Hall–Kier alpha value is -3.08. The smallest absolute Gasteiger partial charge is 0.132 e. The summed E-state index contributed by atoms with van der Waals surface area (Å²) in [6.07, 6.45) is 0. The predicted molar refractivity (Wildman–Crippen MR) is 101 cm³/mol. The van der Waals surface area contributed by atoms with E-state index in [2.05, 4.69) is 32.7 Å². The van der Waals surface area contributed by atoms with Crippen molar-refractivity contribution in [2.45, 2.75) is 20.0 Å². The maximum atomic E-state index is 5.38. The molecule has 3 aromatic rings. The Morgan fingerprint density at radius 2 is 1.48 bits per heavy atom. The molecular weight excluding hydrogens is 312 g/mol. The molecule has 2 N–H and O–H groups in total. The number of hydrogen-bond donors (Lipinski definition) is 2. The summed E-state index contributed by atoms with van der Waals surface area (Å²) in [5, 5.41) is 6.69. The van der Waals surface area contributed by atoms with Crippen molar-refractivity contribution in [1.82, 2.24) is 9.97 Å². The molecular formula is C20H22N4O. The number of ether oxygens (including phenoxy) is 1. The van der Waals surface area contributed by atoms with E-state index in [9.17, 15) is 0 Å². The third-order valence-corrected chi connectivity index (χ3v) is 3.81. The van der Waals surface area contributed by atoms with Crippen LogP contribution in [0.4, 0.5) is 11.6 Å². The second-order valence-corrected chi connectivity index (χ2v) is 5.69. The van der Waals surface area contributed by atoms with E-state index in [0.717, 1.165) is 35.3 Å². The summed E-state index contributed by atoms with van der Waals surface area (Å²) in [6.45, 7) is 3.25. The molecule has 0 radical (unpaired) electrons. The van der Waals surface area contributed by atoms with Gasteiger partial charge in [0.05, 0.1) is 7.11 Å². The number of nitrogens with one attached hydrogen (secondary N) is 2. The van der Waals surface area contributed by atoms with Crippen molar-refractivity contribution in [3.05, 3.63) is 77.6 Å². The molecule has 0 aliphatic carbocycles. The van der Waals surface area contributed by atoms with Gasteiger partial charge in [-0.05, 0) is 18.6 Å². The first kappa shape index (κ1) is 16.8. The quantitative estimate of drug-likeness (QED) is 0.683. The third kappa shape index (κ3) is 4.70. The number of methoxy groups -OCH3 is 1. The number of nitrogens with zero attached hydrogens (tertiary/aromatic N) is 2. The van der Waals surface area contributed by atoms with Crippen molar-refractivity contribution in [3.63, 3.8) is 0 Å². The highest BCUT2D eigenvalue weighted by molar-refractivity contribution is 5.49. The first-order valence-corrected chi connectivity index (χ1v) is 8.24. The molecule has 0 spiro atoms. The van der Waals surface area contributed by atoms with Gasteiger partial charge in [-0.3, -0.25) is 0 Å². The van der Waals surface area contributed by atoms with Crippen LogP contribution in [0.2, 0.25) is 0 Å². The van der Waals surface area contributed by atoms with E-state index in [1.807, 2.05) is 55.5 Å². The SMILES string of the molecule is COc1ccccc1CNc1cc(NCc2ccccc2)nc(C)n1. The first-order valence-electron chi connectivity index (χ1n) is 8.24. The van der Waals surface area contributed by atoms with Gasteiger partial charge >= 0.3 is 0 Å². The zero-order chi connectivity index (χ0) is 17.5. The van der Waals surface area contributed by atoms with E-state index < -0.39 is 0 Å². The Labute approximate surface area is 148 Å². The van der Waals surface area contributed by atoms with Gasteiger partial charge < -0.3 is 15.4 Å². The number of benzene rings is 2.